The number of halogens is 3. The van der Waals surface area contributed by atoms with Gasteiger partial charge in [0.05, 0.1) is 19.3 Å². The van der Waals surface area contributed by atoms with Crippen LogP contribution in [0.5, 0.6) is 5.75 Å². The van der Waals surface area contributed by atoms with Gasteiger partial charge in [0, 0.05) is 17.0 Å². The molecule has 0 amide bonds. The van der Waals surface area contributed by atoms with Crippen LogP contribution in [0.3, 0.4) is 0 Å². The first kappa shape index (κ1) is 20.4. The fraction of sp³-hybridized carbons (Fsp3) is 0.316. The van der Waals surface area contributed by atoms with Crippen molar-refractivity contribution in [1.82, 2.24) is 0 Å². The highest BCUT2D eigenvalue weighted by atomic mass is 127. The van der Waals surface area contributed by atoms with Crippen molar-refractivity contribution in [3.63, 3.8) is 0 Å². The van der Waals surface area contributed by atoms with E-state index in [4.69, 9.17) is 10.5 Å². The third-order valence-corrected chi connectivity index (χ3v) is 4.73. The van der Waals surface area contributed by atoms with Crippen LogP contribution in [0.2, 0.25) is 0 Å². The van der Waals surface area contributed by atoms with E-state index in [-0.39, 0.29) is 41.0 Å². The van der Waals surface area contributed by atoms with Crippen LogP contribution in [0.4, 0.5) is 14.5 Å². The third kappa shape index (κ3) is 4.25. The molecule has 0 saturated heterocycles. The molecule has 4 nitrogen and oxygen atoms in total. The topological polar surface area (TPSA) is 59.6 Å². The minimum atomic E-state index is -0.581. The van der Waals surface area contributed by atoms with E-state index < -0.39 is 11.6 Å². The molecule has 0 unspecified atom stereocenters. The number of ether oxygens (including phenoxy) is 1. The van der Waals surface area contributed by atoms with Gasteiger partial charge in [0.1, 0.15) is 17.4 Å². The van der Waals surface area contributed by atoms with E-state index in [0.29, 0.717) is 6.54 Å². The van der Waals surface area contributed by atoms with Crippen molar-refractivity contribution < 1.29 is 13.5 Å². The molecule has 0 radical (unpaired) electrons. The van der Waals surface area contributed by atoms with E-state index in [1.165, 1.54) is 0 Å². The largest absolute Gasteiger partial charge is 0.496 e. The number of anilines is 1. The Morgan fingerprint density at radius 2 is 1.96 bits per heavy atom. The molecule has 3 rings (SSSR count). The second kappa shape index (κ2) is 8.66. The monoisotopic (exact) mass is 473 g/mol. The molecule has 0 spiro atoms. The summed E-state index contributed by atoms with van der Waals surface area (Å²) in [7, 11) is 1.65. The maximum atomic E-state index is 13.7. The van der Waals surface area contributed by atoms with Crippen molar-refractivity contribution in [3.05, 3.63) is 59.7 Å². The number of hydrogen-bond acceptors (Lipinski definition) is 2. The molecule has 0 aromatic heterocycles. The van der Waals surface area contributed by atoms with Crippen LogP contribution in [0, 0.1) is 11.6 Å². The summed E-state index contributed by atoms with van der Waals surface area (Å²) in [6.07, 6.45) is 3.08. The number of methoxy groups -OCH3 is 1. The summed E-state index contributed by atoms with van der Waals surface area (Å²) < 4.78 is 32.4. The molecule has 1 saturated carbocycles. The summed E-state index contributed by atoms with van der Waals surface area (Å²) in [6.45, 7) is 0.461. The summed E-state index contributed by atoms with van der Waals surface area (Å²) >= 11 is 0. The zero-order valence-corrected chi connectivity index (χ0v) is 16.8. The molecule has 0 heterocycles. The minimum Gasteiger partial charge on any atom is -0.496 e. The molecular weight excluding hydrogens is 451 g/mol. The standard InChI is InChI=1S/C19H21F2N3O.HI/c1-25-17-6-3-2-5-14(17)19(9-4-10-19)12-23-18(22)24-16-11-13(20)7-8-15(16)21;/h2-3,5-8,11H,4,9-10,12H2,1H3,(H3,22,23,24);1H. The number of nitrogens with one attached hydrogen (secondary N) is 1. The average Bonchev–Trinajstić information content (AvgIpc) is 2.57. The first-order valence-electron chi connectivity index (χ1n) is 8.19. The second-order valence-electron chi connectivity index (χ2n) is 6.28. The Hall–Kier alpha value is -1.90. The van der Waals surface area contributed by atoms with Gasteiger partial charge in [0.2, 0.25) is 0 Å². The molecule has 0 bridgehead atoms. The number of guanidine groups is 1. The summed E-state index contributed by atoms with van der Waals surface area (Å²) in [5.41, 5.74) is 6.83. The van der Waals surface area contributed by atoms with Gasteiger partial charge in [0.25, 0.3) is 0 Å². The lowest BCUT2D eigenvalue weighted by atomic mass is 9.64. The predicted molar refractivity (Wildman–Crippen MR) is 110 cm³/mol. The van der Waals surface area contributed by atoms with Crippen molar-refractivity contribution in [2.24, 2.45) is 10.7 Å². The summed E-state index contributed by atoms with van der Waals surface area (Å²) in [4.78, 5) is 4.37. The molecule has 0 atom stereocenters. The predicted octanol–water partition coefficient (Wildman–Crippen LogP) is 4.44. The van der Waals surface area contributed by atoms with Gasteiger partial charge in [0.15, 0.2) is 5.96 Å². The highest BCUT2D eigenvalue weighted by Crippen LogP contribution is 2.47. The van der Waals surface area contributed by atoms with Gasteiger partial charge in [-0.05, 0) is 31.0 Å². The number of benzene rings is 2. The molecule has 1 aliphatic rings. The van der Waals surface area contributed by atoms with Crippen molar-refractivity contribution in [2.75, 3.05) is 19.0 Å². The van der Waals surface area contributed by atoms with Crippen LogP contribution in [-0.2, 0) is 5.41 Å². The van der Waals surface area contributed by atoms with Gasteiger partial charge < -0.3 is 15.8 Å². The van der Waals surface area contributed by atoms with Crippen LogP contribution >= 0.6 is 24.0 Å². The summed E-state index contributed by atoms with van der Waals surface area (Å²) in [6, 6.07) is 11.0. The number of aliphatic imine (C=N–C) groups is 1. The highest BCUT2D eigenvalue weighted by Gasteiger charge is 2.40. The third-order valence-electron chi connectivity index (χ3n) is 4.73. The van der Waals surface area contributed by atoms with Crippen LogP contribution in [0.25, 0.3) is 0 Å². The van der Waals surface area contributed by atoms with Crippen molar-refractivity contribution in [1.29, 1.82) is 0 Å². The maximum absolute atomic E-state index is 13.7. The quantitative estimate of drug-likeness (QED) is 0.384. The van der Waals surface area contributed by atoms with Crippen LogP contribution in [0.15, 0.2) is 47.5 Å². The second-order valence-corrected chi connectivity index (χ2v) is 6.28. The number of nitrogens with two attached hydrogens (primary N) is 1. The number of nitrogens with zero attached hydrogens (tertiary/aromatic N) is 1. The lowest BCUT2D eigenvalue weighted by Gasteiger charge is -2.42. The molecule has 3 N–H and O–H groups in total. The van der Waals surface area contributed by atoms with Crippen molar-refractivity contribution in [2.45, 2.75) is 24.7 Å². The SMILES string of the molecule is COc1ccccc1C1(CN=C(N)Nc2cc(F)ccc2F)CCC1.I. The molecule has 7 heteroatoms. The first-order valence-corrected chi connectivity index (χ1v) is 8.19. The molecule has 2 aromatic rings. The summed E-state index contributed by atoms with van der Waals surface area (Å²) in [5.74, 6) is -0.227. The fourth-order valence-corrected chi connectivity index (χ4v) is 3.21. The van der Waals surface area contributed by atoms with Gasteiger partial charge in [-0.1, -0.05) is 24.6 Å². The lowest BCUT2D eigenvalue weighted by Crippen LogP contribution is -2.39. The molecule has 0 aliphatic heterocycles. The highest BCUT2D eigenvalue weighted by molar-refractivity contribution is 14.0. The normalized spacial score (nSPS) is 15.6. The fourth-order valence-electron chi connectivity index (χ4n) is 3.21. The zero-order valence-electron chi connectivity index (χ0n) is 14.5. The van der Waals surface area contributed by atoms with E-state index in [1.807, 2.05) is 24.3 Å². The number of rotatable bonds is 5. The summed E-state index contributed by atoms with van der Waals surface area (Å²) in [5, 5.41) is 2.63. The van der Waals surface area contributed by atoms with E-state index in [2.05, 4.69) is 10.3 Å². The Morgan fingerprint density at radius 3 is 2.62 bits per heavy atom. The van der Waals surface area contributed by atoms with Gasteiger partial charge in [-0.15, -0.1) is 24.0 Å². The maximum Gasteiger partial charge on any atom is 0.193 e. The van der Waals surface area contributed by atoms with Gasteiger partial charge in [-0.3, -0.25) is 4.99 Å². The molecule has 26 heavy (non-hydrogen) atoms. The molecule has 1 aliphatic carbocycles. The van der Waals surface area contributed by atoms with E-state index in [1.54, 1.807) is 7.11 Å². The van der Waals surface area contributed by atoms with Crippen molar-refractivity contribution in [3.8, 4) is 5.75 Å². The minimum absolute atomic E-state index is 0. The Labute approximate surface area is 168 Å². The number of hydrogen-bond donors (Lipinski definition) is 2. The Kier molecular flexibility index (Phi) is 6.80. The first-order chi connectivity index (χ1) is 12.0. The van der Waals surface area contributed by atoms with E-state index in [9.17, 15) is 8.78 Å². The van der Waals surface area contributed by atoms with Gasteiger partial charge in [-0.2, -0.15) is 0 Å². The Balaban J connectivity index is 0.00000243. The number of para-hydroxylation sites is 1. The van der Waals surface area contributed by atoms with Crippen molar-refractivity contribution >= 4 is 35.6 Å². The molecule has 2 aromatic carbocycles. The van der Waals surface area contributed by atoms with Gasteiger partial charge in [-0.25, -0.2) is 8.78 Å². The van der Waals surface area contributed by atoms with Crippen LogP contribution < -0.4 is 15.8 Å². The molecule has 1 fully saturated rings. The van der Waals surface area contributed by atoms with Crippen LogP contribution in [0.1, 0.15) is 24.8 Å². The lowest BCUT2D eigenvalue weighted by molar-refractivity contribution is 0.244. The van der Waals surface area contributed by atoms with Gasteiger partial charge >= 0.3 is 0 Å². The van der Waals surface area contributed by atoms with Crippen LogP contribution in [-0.4, -0.2) is 19.6 Å². The van der Waals surface area contributed by atoms with E-state index >= 15 is 0 Å². The zero-order chi connectivity index (χ0) is 17.9. The smallest absolute Gasteiger partial charge is 0.193 e. The average molecular weight is 473 g/mol. The van der Waals surface area contributed by atoms with E-state index in [0.717, 1.165) is 48.8 Å². The molecule has 140 valence electrons. The Bertz CT molecular complexity index is 794. The Morgan fingerprint density at radius 1 is 1.23 bits per heavy atom. The molecular formula is C19H22F2IN3O.